The smallest absolute Gasteiger partial charge is 0.237 e. The number of benzene rings is 2. The number of aromatic nitrogens is 2. The summed E-state index contributed by atoms with van der Waals surface area (Å²) in [5.74, 6) is 0.0597. The number of imidazole rings is 1. The van der Waals surface area contributed by atoms with Crippen molar-refractivity contribution in [3.05, 3.63) is 65.2 Å². The topological polar surface area (TPSA) is 81.3 Å². The normalized spacial score (nSPS) is 17.0. The predicted octanol–water partition coefficient (Wildman–Crippen LogP) is 2.36. The first-order chi connectivity index (χ1) is 14.9. The second-order valence-electron chi connectivity index (χ2n) is 8.02. The maximum Gasteiger partial charge on any atom is 0.237 e. The number of carbonyl (C=O) groups is 2. The molecule has 2 heterocycles. The summed E-state index contributed by atoms with van der Waals surface area (Å²) in [5, 5.41) is 2.83. The molecule has 162 valence electrons. The number of fused-ring (bicyclic) bond motifs is 1. The number of H-pyrrole nitrogens is 1. The van der Waals surface area contributed by atoms with Gasteiger partial charge in [0.1, 0.15) is 11.6 Å². The molecule has 1 aromatic heterocycles. The minimum absolute atomic E-state index is 0.0525. The monoisotopic (exact) mass is 423 g/mol. The second-order valence-corrected chi connectivity index (χ2v) is 8.02. The lowest BCUT2D eigenvalue weighted by Gasteiger charge is -2.35. The van der Waals surface area contributed by atoms with Crippen LogP contribution in [0.3, 0.4) is 0 Å². The summed E-state index contributed by atoms with van der Waals surface area (Å²) in [6.07, 6.45) is 0.0525. The fraction of sp³-hybridized carbons (Fsp3) is 0.348. The zero-order chi connectivity index (χ0) is 22.0. The van der Waals surface area contributed by atoms with E-state index in [4.69, 9.17) is 0 Å². The van der Waals surface area contributed by atoms with Crippen molar-refractivity contribution < 1.29 is 14.0 Å². The molecule has 0 aliphatic carbocycles. The molecule has 8 heteroatoms. The van der Waals surface area contributed by atoms with Gasteiger partial charge < -0.3 is 15.2 Å². The summed E-state index contributed by atoms with van der Waals surface area (Å²) in [4.78, 5) is 36.8. The first kappa shape index (κ1) is 21.0. The zero-order valence-corrected chi connectivity index (χ0v) is 17.7. The van der Waals surface area contributed by atoms with Gasteiger partial charge in [0.2, 0.25) is 11.8 Å². The molecular formula is C23H26FN5O2. The third-order valence-electron chi connectivity index (χ3n) is 5.66. The van der Waals surface area contributed by atoms with Crippen LogP contribution in [0.1, 0.15) is 23.4 Å². The number of amides is 2. The van der Waals surface area contributed by atoms with Gasteiger partial charge in [0.05, 0.1) is 30.0 Å². The van der Waals surface area contributed by atoms with E-state index >= 15 is 0 Å². The summed E-state index contributed by atoms with van der Waals surface area (Å²) >= 11 is 0. The Morgan fingerprint density at radius 2 is 2.10 bits per heavy atom. The van der Waals surface area contributed by atoms with E-state index in [1.807, 2.05) is 36.1 Å². The van der Waals surface area contributed by atoms with E-state index in [2.05, 4.69) is 15.3 Å². The number of aryl methyl sites for hydroxylation is 1. The molecule has 1 atom stereocenters. The third kappa shape index (κ3) is 4.74. The average molecular weight is 423 g/mol. The van der Waals surface area contributed by atoms with Crippen molar-refractivity contribution >= 4 is 22.8 Å². The highest BCUT2D eigenvalue weighted by molar-refractivity contribution is 5.88. The van der Waals surface area contributed by atoms with Crippen molar-refractivity contribution in [3.8, 4) is 0 Å². The fourth-order valence-electron chi connectivity index (χ4n) is 3.98. The van der Waals surface area contributed by atoms with E-state index in [-0.39, 0.29) is 24.1 Å². The molecular weight excluding hydrogens is 397 g/mol. The van der Waals surface area contributed by atoms with Crippen LogP contribution >= 0.6 is 0 Å². The van der Waals surface area contributed by atoms with Gasteiger partial charge in [0.15, 0.2) is 0 Å². The molecule has 0 spiro atoms. The molecule has 3 aromatic rings. The summed E-state index contributed by atoms with van der Waals surface area (Å²) < 4.78 is 13.6. The Labute approximate surface area is 180 Å². The molecule has 1 unspecified atom stereocenters. The van der Waals surface area contributed by atoms with Crippen molar-refractivity contribution in [2.24, 2.45) is 0 Å². The van der Waals surface area contributed by atoms with E-state index < -0.39 is 6.04 Å². The lowest BCUT2D eigenvalue weighted by Crippen LogP contribution is -2.56. The van der Waals surface area contributed by atoms with Gasteiger partial charge in [-0.2, -0.15) is 0 Å². The van der Waals surface area contributed by atoms with Crippen molar-refractivity contribution in [2.75, 3.05) is 20.1 Å². The number of aromatic amines is 1. The molecule has 1 aliphatic heterocycles. The number of nitrogens with zero attached hydrogens (tertiary/aromatic N) is 3. The molecule has 1 saturated heterocycles. The van der Waals surface area contributed by atoms with Crippen LogP contribution in [0.4, 0.5) is 4.39 Å². The molecule has 0 radical (unpaired) electrons. The number of hydrogen-bond acceptors (Lipinski definition) is 4. The molecule has 2 N–H and O–H groups in total. The minimum atomic E-state index is -0.593. The van der Waals surface area contributed by atoms with Crippen LogP contribution in [-0.4, -0.2) is 57.8 Å². The lowest BCUT2D eigenvalue weighted by atomic mass is 10.1. The molecule has 2 amide bonds. The highest BCUT2D eigenvalue weighted by Crippen LogP contribution is 2.18. The standard InChI is InChI=1S/C23H26FN5O2/c1-15-5-3-8-18-22(15)27-20(26-18)14-28(2)21(30)12-19-23(31)25-9-10-29(19)13-16-6-4-7-17(24)11-16/h3-8,11,19H,9-10,12-14H2,1-2H3,(H,25,31)(H,26,27). The molecule has 1 fully saturated rings. The van der Waals surface area contributed by atoms with E-state index in [0.29, 0.717) is 32.0 Å². The molecule has 4 rings (SSSR count). The van der Waals surface area contributed by atoms with E-state index in [0.717, 1.165) is 22.2 Å². The Morgan fingerprint density at radius 3 is 2.87 bits per heavy atom. The van der Waals surface area contributed by atoms with Crippen LogP contribution in [0, 0.1) is 12.7 Å². The van der Waals surface area contributed by atoms with Gasteiger partial charge in [0.25, 0.3) is 0 Å². The van der Waals surface area contributed by atoms with Crippen LogP contribution in [0.25, 0.3) is 11.0 Å². The van der Waals surface area contributed by atoms with Crippen molar-refractivity contribution in [1.82, 2.24) is 25.1 Å². The van der Waals surface area contributed by atoms with Crippen LogP contribution in [0.15, 0.2) is 42.5 Å². The van der Waals surface area contributed by atoms with Gasteiger partial charge in [-0.05, 0) is 36.2 Å². The van der Waals surface area contributed by atoms with Gasteiger partial charge in [-0.1, -0.05) is 24.3 Å². The Kier molecular flexibility index (Phi) is 5.99. The number of carbonyl (C=O) groups excluding carboxylic acids is 2. The second kappa shape index (κ2) is 8.85. The van der Waals surface area contributed by atoms with Gasteiger partial charge in [0, 0.05) is 26.7 Å². The summed E-state index contributed by atoms with van der Waals surface area (Å²) in [5.41, 5.74) is 3.68. The highest BCUT2D eigenvalue weighted by Gasteiger charge is 2.32. The number of rotatable bonds is 6. The maximum absolute atomic E-state index is 13.6. The zero-order valence-electron chi connectivity index (χ0n) is 17.7. The Bertz CT molecular complexity index is 1110. The summed E-state index contributed by atoms with van der Waals surface area (Å²) in [6, 6.07) is 11.6. The van der Waals surface area contributed by atoms with E-state index in [1.165, 1.54) is 12.1 Å². The van der Waals surface area contributed by atoms with Crippen molar-refractivity contribution in [2.45, 2.75) is 32.5 Å². The highest BCUT2D eigenvalue weighted by atomic mass is 19.1. The number of piperazine rings is 1. The molecule has 0 bridgehead atoms. The Balaban J connectivity index is 1.43. The first-order valence-corrected chi connectivity index (χ1v) is 10.3. The molecule has 0 saturated carbocycles. The molecule has 1 aliphatic rings. The van der Waals surface area contributed by atoms with Crippen LogP contribution in [0.2, 0.25) is 0 Å². The number of halogens is 1. The van der Waals surface area contributed by atoms with Crippen LogP contribution < -0.4 is 5.32 Å². The lowest BCUT2D eigenvalue weighted by molar-refractivity contribution is -0.138. The predicted molar refractivity (Wildman–Crippen MR) is 116 cm³/mol. The van der Waals surface area contributed by atoms with E-state index in [9.17, 15) is 14.0 Å². The van der Waals surface area contributed by atoms with Gasteiger partial charge >= 0.3 is 0 Å². The molecule has 31 heavy (non-hydrogen) atoms. The largest absolute Gasteiger partial charge is 0.353 e. The fourth-order valence-corrected chi connectivity index (χ4v) is 3.98. The van der Waals surface area contributed by atoms with Crippen LogP contribution in [0.5, 0.6) is 0 Å². The average Bonchev–Trinajstić information content (AvgIpc) is 3.14. The van der Waals surface area contributed by atoms with Crippen molar-refractivity contribution in [3.63, 3.8) is 0 Å². The summed E-state index contributed by atoms with van der Waals surface area (Å²) in [7, 11) is 1.71. The number of nitrogens with one attached hydrogen (secondary N) is 2. The Morgan fingerprint density at radius 1 is 1.29 bits per heavy atom. The third-order valence-corrected chi connectivity index (χ3v) is 5.66. The SMILES string of the molecule is Cc1cccc2[nH]c(CN(C)C(=O)CC3C(=O)NCCN3Cc3cccc(F)c3)nc12. The molecule has 7 nitrogen and oxygen atoms in total. The van der Waals surface area contributed by atoms with Crippen LogP contribution in [-0.2, 0) is 22.7 Å². The van der Waals surface area contributed by atoms with Gasteiger partial charge in [-0.25, -0.2) is 9.37 Å². The minimum Gasteiger partial charge on any atom is -0.353 e. The number of hydrogen-bond donors (Lipinski definition) is 2. The Hall–Kier alpha value is -3.26. The van der Waals surface area contributed by atoms with Crippen molar-refractivity contribution in [1.29, 1.82) is 0 Å². The number of para-hydroxylation sites is 1. The summed E-state index contributed by atoms with van der Waals surface area (Å²) in [6.45, 7) is 3.84. The van der Waals surface area contributed by atoms with E-state index in [1.54, 1.807) is 18.0 Å². The van der Waals surface area contributed by atoms with Gasteiger partial charge in [-0.15, -0.1) is 0 Å². The quantitative estimate of drug-likeness (QED) is 0.638. The first-order valence-electron chi connectivity index (χ1n) is 10.3. The maximum atomic E-state index is 13.6. The molecule has 2 aromatic carbocycles. The van der Waals surface area contributed by atoms with Gasteiger partial charge in [-0.3, -0.25) is 14.5 Å².